The van der Waals surface area contributed by atoms with Gasteiger partial charge in [-0.3, -0.25) is 9.59 Å². The zero-order chi connectivity index (χ0) is 19.5. The van der Waals surface area contributed by atoms with E-state index in [1.807, 2.05) is 42.6 Å². The first kappa shape index (κ1) is 18.3. The quantitative estimate of drug-likeness (QED) is 0.523. The number of hydrogen-bond donors (Lipinski definition) is 1. The van der Waals surface area contributed by atoms with Crippen molar-refractivity contribution in [3.05, 3.63) is 58.2 Å². The number of fused-ring (bicyclic) bond motifs is 1. The number of anilines is 1. The van der Waals surface area contributed by atoms with Crippen LogP contribution in [0.5, 0.6) is 5.75 Å². The number of benzene rings is 1. The molecule has 0 unspecified atom stereocenters. The van der Waals surface area contributed by atoms with Crippen LogP contribution >= 0.6 is 22.7 Å². The number of nitrogens with zero attached hydrogens (tertiary/aromatic N) is 3. The molecule has 0 spiro atoms. The number of hydrogen-bond acceptors (Lipinski definition) is 7. The fourth-order valence-corrected chi connectivity index (χ4v) is 4.23. The molecule has 0 atom stereocenters. The molecule has 0 fully saturated rings. The molecular formula is C19H16N4O3S2. The average Bonchev–Trinajstić information content (AvgIpc) is 3.33. The third kappa shape index (κ3) is 3.95. The van der Waals surface area contributed by atoms with Crippen LogP contribution in [0.1, 0.15) is 6.92 Å². The van der Waals surface area contributed by atoms with E-state index in [0.29, 0.717) is 17.4 Å². The number of aromatic nitrogens is 3. The molecule has 1 N–H and O–H groups in total. The summed E-state index contributed by atoms with van der Waals surface area (Å²) in [6, 6.07) is 12.5. The van der Waals surface area contributed by atoms with Crippen LogP contribution in [0, 0.1) is 0 Å². The molecule has 0 aliphatic carbocycles. The van der Waals surface area contributed by atoms with Gasteiger partial charge in [0.25, 0.3) is 5.56 Å². The minimum Gasteiger partial charge on any atom is -0.494 e. The van der Waals surface area contributed by atoms with Gasteiger partial charge in [-0.2, -0.15) is 5.10 Å². The van der Waals surface area contributed by atoms with Crippen molar-refractivity contribution in [2.45, 2.75) is 13.5 Å². The molecule has 142 valence electrons. The summed E-state index contributed by atoms with van der Waals surface area (Å²) in [7, 11) is 0. The summed E-state index contributed by atoms with van der Waals surface area (Å²) in [4.78, 5) is 29.8. The Morgan fingerprint density at radius 1 is 1.25 bits per heavy atom. The Morgan fingerprint density at radius 2 is 2.14 bits per heavy atom. The molecule has 1 amide bonds. The van der Waals surface area contributed by atoms with Crippen LogP contribution in [0.2, 0.25) is 0 Å². The minimum atomic E-state index is -0.359. The highest BCUT2D eigenvalue weighted by Crippen LogP contribution is 2.29. The van der Waals surface area contributed by atoms with Crippen molar-refractivity contribution in [2.75, 3.05) is 11.9 Å². The Hall–Kier alpha value is -3.04. The van der Waals surface area contributed by atoms with Crippen molar-refractivity contribution < 1.29 is 9.53 Å². The van der Waals surface area contributed by atoms with Crippen LogP contribution in [-0.4, -0.2) is 27.3 Å². The first-order valence-corrected chi connectivity index (χ1v) is 10.3. The zero-order valence-corrected chi connectivity index (χ0v) is 16.5. The average molecular weight is 412 g/mol. The molecule has 4 rings (SSSR count). The standard InChI is InChI=1S/C19H16N4O3S2/c1-2-26-12-5-6-13-16(10-12)28-19(20-13)21-17(24)11-23-18(25)8-7-14(22-23)15-4-3-9-27-15/h3-10H,2,11H2,1H3,(H,20,21,24). The largest absolute Gasteiger partial charge is 0.494 e. The second kappa shape index (κ2) is 7.91. The van der Waals surface area contributed by atoms with E-state index in [1.165, 1.54) is 28.7 Å². The number of carbonyl (C=O) groups is 1. The highest BCUT2D eigenvalue weighted by atomic mass is 32.1. The molecule has 3 heterocycles. The molecule has 0 aliphatic rings. The van der Waals surface area contributed by atoms with Crippen LogP contribution in [0.4, 0.5) is 5.13 Å². The SMILES string of the molecule is CCOc1ccc2nc(NC(=O)Cn3nc(-c4cccs4)ccc3=O)sc2c1. The molecule has 0 bridgehead atoms. The van der Waals surface area contributed by atoms with Gasteiger partial charge in [-0.1, -0.05) is 17.4 Å². The van der Waals surface area contributed by atoms with E-state index < -0.39 is 0 Å². The number of amides is 1. The summed E-state index contributed by atoms with van der Waals surface area (Å²) in [6.07, 6.45) is 0. The van der Waals surface area contributed by atoms with E-state index in [4.69, 9.17) is 4.74 Å². The predicted molar refractivity (Wildman–Crippen MR) is 111 cm³/mol. The Labute approximate surface area is 168 Å². The Bertz CT molecular complexity index is 1180. The second-order valence-electron chi connectivity index (χ2n) is 5.82. The molecule has 0 radical (unpaired) electrons. The number of thiophene rings is 1. The molecule has 1 aromatic carbocycles. The third-order valence-electron chi connectivity index (χ3n) is 3.85. The van der Waals surface area contributed by atoms with Gasteiger partial charge in [0.05, 0.1) is 21.7 Å². The van der Waals surface area contributed by atoms with Crippen molar-refractivity contribution in [1.29, 1.82) is 0 Å². The maximum Gasteiger partial charge on any atom is 0.267 e. The van der Waals surface area contributed by atoms with E-state index >= 15 is 0 Å². The lowest BCUT2D eigenvalue weighted by Crippen LogP contribution is -2.29. The minimum absolute atomic E-state index is 0.182. The van der Waals surface area contributed by atoms with E-state index in [-0.39, 0.29) is 18.0 Å². The zero-order valence-electron chi connectivity index (χ0n) is 14.9. The first-order valence-electron chi connectivity index (χ1n) is 8.57. The van der Waals surface area contributed by atoms with Crippen molar-refractivity contribution in [1.82, 2.24) is 14.8 Å². The monoisotopic (exact) mass is 412 g/mol. The van der Waals surface area contributed by atoms with Gasteiger partial charge in [-0.15, -0.1) is 11.3 Å². The van der Waals surface area contributed by atoms with Crippen LogP contribution in [-0.2, 0) is 11.3 Å². The van der Waals surface area contributed by atoms with Crippen molar-refractivity contribution >= 4 is 43.9 Å². The van der Waals surface area contributed by atoms with Crippen LogP contribution in [0.25, 0.3) is 20.8 Å². The van der Waals surface area contributed by atoms with E-state index in [0.717, 1.165) is 25.5 Å². The van der Waals surface area contributed by atoms with Crippen LogP contribution in [0.3, 0.4) is 0 Å². The number of carbonyl (C=O) groups excluding carboxylic acids is 1. The first-order chi connectivity index (χ1) is 13.6. The van der Waals surface area contributed by atoms with Gasteiger partial charge in [-0.05, 0) is 42.6 Å². The molecule has 28 heavy (non-hydrogen) atoms. The fourth-order valence-electron chi connectivity index (χ4n) is 2.63. The van der Waals surface area contributed by atoms with Crippen molar-refractivity contribution in [2.24, 2.45) is 0 Å². The maximum absolute atomic E-state index is 12.4. The van der Waals surface area contributed by atoms with Crippen LogP contribution < -0.4 is 15.6 Å². The summed E-state index contributed by atoms with van der Waals surface area (Å²) < 4.78 is 7.56. The Balaban J connectivity index is 1.51. The maximum atomic E-state index is 12.4. The van der Waals surface area contributed by atoms with Crippen LogP contribution in [0.15, 0.2) is 52.6 Å². The topological polar surface area (TPSA) is 86.1 Å². The van der Waals surface area contributed by atoms with Gasteiger partial charge >= 0.3 is 0 Å². The second-order valence-corrected chi connectivity index (χ2v) is 7.80. The molecule has 3 aromatic heterocycles. The van der Waals surface area contributed by atoms with E-state index in [9.17, 15) is 9.59 Å². The third-order valence-corrected chi connectivity index (χ3v) is 5.68. The van der Waals surface area contributed by atoms with Gasteiger partial charge in [0.1, 0.15) is 18.0 Å². The van der Waals surface area contributed by atoms with E-state index in [2.05, 4.69) is 15.4 Å². The lowest BCUT2D eigenvalue weighted by Gasteiger charge is -2.05. The Kier molecular flexibility index (Phi) is 5.18. The molecule has 0 aliphatic heterocycles. The lowest BCUT2D eigenvalue weighted by molar-refractivity contribution is -0.117. The molecule has 4 aromatic rings. The molecule has 7 nitrogen and oxygen atoms in total. The number of rotatable bonds is 6. The highest BCUT2D eigenvalue weighted by molar-refractivity contribution is 7.22. The molecule has 0 saturated carbocycles. The van der Waals surface area contributed by atoms with Crippen molar-refractivity contribution in [3.8, 4) is 16.3 Å². The predicted octanol–water partition coefficient (Wildman–Crippen LogP) is 3.62. The lowest BCUT2D eigenvalue weighted by atomic mass is 10.3. The van der Waals surface area contributed by atoms with Gasteiger partial charge in [-0.25, -0.2) is 9.67 Å². The fraction of sp³-hybridized carbons (Fsp3) is 0.158. The van der Waals surface area contributed by atoms with E-state index in [1.54, 1.807) is 6.07 Å². The summed E-state index contributed by atoms with van der Waals surface area (Å²) >= 11 is 2.87. The van der Waals surface area contributed by atoms with Gasteiger partial charge in [0.2, 0.25) is 5.91 Å². The highest BCUT2D eigenvalue weighted by Gasteiger charge is 2.12. The number of nitrogens with one attached hydrogen (secondary N) is 1. The van der Waals surface area contributed by atoms with Gasteiger partial charge in [0.15, 0.2) is 5.13 Å². The van der Waals surface area contributed by atoms with Gasteiger partial charge < -0.3 is 10.1 Å². The smallest absolute Gasteiger partial charge is 0.267 e. The number of thiazole rings is 1. The molecule has 0 saturated heterocycles. The summed E-state index contributed by atoms with van der Waals surface area (Å²) in [5.74, 6) is 0.402. The summed E-state index contributed by atoms with van der Waals surface area (Å²) in [5.41, 5.74) is 1.10. The van der Waals surface area contributed by atoms with Gasteiger partial charge in [0, 0.05) is 6.07 Å². The molecular weight excluding hydrogens is 396 g/mol. The normalized spacial score (nSPS) is 10.9. The number of ether oxygens (including phenoxy) is 1. The van der Waals surface area contributed by atoms with Crippen molar-refractivity contribution in [3.63, 3.8) is 0 Å². The summed E-state index contributed by atoms with van der Waals surface area (Å²) in [6.45, 7) is 2.32. The Morgan fingerprint density at radius 3 is 2.93 bits per heavy atom. The molecule has 9 heteroatoms. The summed E-state index contributed by atoms with van der Waals surface area (Å²) in [5, 5.41) is 9.44.